The topological polar surface area (TPSA) is 97.0 Å². The molecule has 0 saturated carbocycles. The molecule has 0 amide bonds. The van der Waals surface area contributed by atoms with Gasteiger partial charge in [0.1, 0.15) is 0 Å². The number of hydrogen-bond donors (Lipinski definition) is 3. The number of aromatic amines is 1. The van der Waals surface area contributed by atoms with Crippen LogP contribution in [0.3, 0.4) is 0 Å². The minimum Gasteiger partial charge on any atom is -0.421 e. The van der Waals surface area contributed by atoms with E-state index < -0.39 is 0 Å². The number of hydrogen-bond acceptors (Lipinski definition) is 7. The van der Waals surface area contributed by atoms with Gasteiger partial charge in [-0.25, -0.2) is 15.0 Å². The Bertz CT molecular complexity index is 1140. The molecule has 4 aromatic rings. The number of ether oxygens (including phenoxy) is 2. The maximum Gasteiger partial charge on any atom is 0.221 e. The van der Waals surface area contributed by atoms with Crippen LogP contribution in [0.5, 0.6) is 11.8 Å². The van der Waals surface area contributed by atoms with Gasteiger partial charge in [-0.15, -0.1) is 0 Å². The fourth-order valence-corrected chi connectivity index (χ4v) is 3.14. The van der Waals surface area contributed by atoms with E-state index in [-0.39, 0.29) is 0 Å². The summed E-state index contributed by atoms with van der Waals surface area (Å²) in [5.41, 5.74) is 3.94. The number of benzene rings is 1. The molecule has 0 radical (unpaired) electrons. The average molecular weight is 423 g/mol. The number of anilines is 2. The molecule has 1 aliphatic heterocycles. The van der Waals surface area contributed by atoms with Crippen LogP contribution in [0.15, 0.2) is 54.9 Å². The standard InChI is InChI=1S/C21H19ClN6O2/c22-14-2-6-20(24-10-14)30-19-5-1-13(8-23-19)9-25-21-27-17-4-3-15(7-18(17)28-21)26-16-11-29-12-16/h1-8,10,16,26H,9,11-12H2,(H2,25,27,28). The Hall–Kier alpha value is -3.36. The Morgan fingerprint density at radius 1 is 1.07 bits per heavy atom. The third-order valence-corrected chi connectivity index (χ3v) is 4.88. The van der Waals surface area contributed by atoms with Crippen LogP contribution in [-0.2, 0) is 11.3 Å². The summed E-state index contributed by atoms with van der Waals surface area (Å²) < 4.78 is 10.8. The largest absolute Gasteiger partial charge is 0.421 e. The highest BCUT2D eigenvalue weighted by atomic mass is 35.5. The van der Waals surface area contributed by atoms with Crippen molar-refractivity contribution in [3.8, 4) is 11.8 Å². The van der Waals surface area contributed by atoms with Crippen LogP contribution in [0, 0.1) is 0 Å². The lowest BCUT2D eigenvalue weighted by atomic mass is 10.2. The third-order valence-electron chi connectivity index (χ3n) is 4.66. The Kier molecular flexibility index (Phi) is 5.08. The fourth-order valence-electron chi connectivity index (χ4n) is 3.03. The lowest BCUT2D eigenvalue weighted by Gasteiger charge is -2.27. The highest BCUT2D eigenvalue weighted by molar-refractivity contribution is 6.30. The molecule has 3 aromatic heterocycles. The normalized spacial score (nSPS) is 13.8. The molecule has 0 atom stereocenters. The minimum atomic E-state index is 0.387. The Labute approximate surface area is 177 Å². The van der Waals surface area contributed by atoms with Gasteiger partial charge in [0.2, 0.25) is 17.7 Å². The number of pyridine rings is 2. The van der Waals surface area contributed by atoms with Crippen molar-refractivity contribution in [3.63, 3.8) is 0 Å². The molecule has 0 spiro atoms. The summed E-state index contributed by atoms with van der Waals surface area (Å²) in [5, 5.41) is 7.29. The first-order valence-electron chi connectivity index (χ1n) is 9.53. The highest BCUT2D eigenvalue weighted by Gasteiger charge is 2.17. The van der Waals surface area contributed by atoms with E-state index in [1.165, 1.54) is 6.20 Å². The van der Waals surface area contributed by atoms with Crippen LogP contribution >= 0.6 is 11.6 Å². The van der Waals surface area contributed by atoms with Crippen LogP contribution < -0.4 is 15.4 Å². The summed E-state index contributed by atoms with van der Waals surface area (Å²) in [5.74, 6) is 1.62. The van der Waals surface area contributed by atoms with Gasteiger partial charge < -0.3 is 25.1 Å². The second-order valence-corrected chi connectivity index (χ2v) is 7.41. The third kappa shape index (κ3) is 4.29. The van der Waals surface area contributed by atoms with E-state index >= 15 is 0 Å². The summed E-state index contributed by atoms with van der Waals surface area (Å²) in [6.45, 7) is 2.08. The predicted octanol–water partition coefficient (Wildman–Crippen LogP) is 4.22. The van der Waals surface area contributed by atoms with Crippen LogP contribution in [0.2, 0.25) is 5.02 Å². The molecule has 1 fully saturated rings. The number of nitrogens with zero attached hydrogens (tertiary/aromatic N) is 3. The van der Waals surface area contributed by atoms with E-state index in [2.05, 4.69) is 36.6 Å². The average Bonchev–Trinajstić information content (AvgIpc) is 3.14. The van der Waals surface area contributed by atoms with Gasteiger partial charge in [-0.3, -0.25) is 0 Å². The Morgan fingerprint density at radius 3 is 2.60 bits per heavy atom. The van der Waals surface area contributed by atoms with Crippen molar-refractivity contribution in [1.82, 2.24) is 19.9 Å². The molecular formula is C21H19ClN6O2. The number of H-pyrrole nitrogens is 1. The molecule has 9 heteroatoms. The van der Waals surface area contributed by atoms with Crippen LogP contribution in [-0.4, -0.2) is 39.2 Å². The summed E-state index contributed by atoms with van der Waals surface area (Å²) >= 11 is 5.83. The second kappa shape index (κ2) is 8.17. The van der Waals surface area contributed by atoms with Crippen LogP contribution in [0.4, 0.5) is 11.6 Å². The number of aromatic nitrogens is 4. The van der Waals surface area contributed by atoms with E-state index in [1.54, 1.807) is 24.4 Å². The molecule has 1 aromatic carbocycles. The number of rotatable bonds is 7. The van der Waals surface area contributed by atoms with Crippen molar-refractivity contribution >= 4 is 34.3 Å². The first kappa shape index (κ1) is 18.7. The smallest absolute Gasteiger partial charge is 0.221 e. The van der Waals surface area contributed by atoms with Crippen molar-refractivity contribution in [2.24, 2.45) is 0 Å². The predicted molar refractivity (Wildman–Crippen MR) is 115 cm³/mol. The van der Waals surface area contributed by atoms with Gasteiger partial charge in [0, 0.05) is 36.8 Å². The summed E-state index contributed by atoms with van der Waals surface area (Å²) in [6.07, 6.45) is 3.28. The van der Waals surface area contributed by atoms with E-state index in [1.807, 2.05) is 18.2 Å². The summed E-state index contributed by atoms with van der Waals surface area (Å²) in [6, 6.07) is 13.6. The number of fused-ring (bicyclic) bond motifs is 1. The molecular weight excluding hydrogens is 404 g/mol. The molecule has 4 heterocycles. The number of halogens is 1. The number of imidazole rings is 1. The molecule has 3 N–H and O–H groups in total. The van der Waals surface area contributed by atoms with Crippen molar-refractivity contribution in [3.05, 3.63) is 65.4 Å². The molecule has 8 nitrogen and oxygen atoms in total. The lowest BCUT2D eigenvalue weighted by molar-refractivity contribution is 0.0211. The zero-order valence-corrected chi connectivity index (χ0v) is 16.7. The van der Waals surface area contributed by atoms with Gasteiger partial charge in [0.25, 0.3) is 0 Å². The van der Waals surface area contributed by atoms with Crippen molar-refractivity contribution in [1.29, 1.82) is 0 Å². The van der Waals surface area contributed by atoms with E-state index in [4.69, 9.17) is 21.1 Å². The molecule has 1 saturated heterocycles. The highest BCUT2D eigenvalue weighted by Crippen LogP contribution is 2.22. The number of nitrogens with one attached hydrogen (secondary N) is 3. The van der Waals surface area contributed by atoms with E-state index in [0.29, 0.717) is 35.3 Å². The molecule has 30 heavy (non-hydrogen) atoms. The molecule has 1 aliphatic rings. The van der Waals surface area contributed by atoms with Gasteiger partial charge in [-0.1, -0.05) is 17.7 Å². The van der Waals surface area contributed by atoms with Gasteiger partial charge in [-0.05, 0) is 29.8 Å². The lowest BCUT2D eigenvalue weighted by Crippen LogP contribution is -2.40. The second-order valence-electron chi connectivity index (χ2n) is 6.97. The summed E-state index contributed by atoms with van der Waals surface area (Å²) in [7, 11) is 0. The molecule has 5 rings (SSSR count). The van der Waals surface area contributed by atoms with E-state index in [0.717, 1.165) is 35.5 Å². The summed E-state index contributed by atoms with van der Waals surface area (Å²) in [4.78, 5) is 16.3. The van der Waals surface area contributed by atoms with Crippen molar-refractivity contribution < 1.29 is 9.47 Å². The SMILES string of the molecule is Clc1ccc(Oc2ccc(CNc3nc4ccc(NC5COC5)cc4[nH]3)cn2)nc1. The minimum absolute atomic E-state index is 0.387. The molecule has 0 unspecified atom stereocenters. The zero-order chi connectivity index (χ0) is 20.3. The first-order chi connectivity index (χ1) is 14.7. The Balaban J connectivity index is 1.20. The quantitative estimate of drug-likeness (QED) is 0.410. The molecule has 152 valence electrons. The maximum absolute atomic E-state index is 5.83. The molecule has 0 bridgehead atoms. The maximum atomic E-state index is 5.83. The zero-order valence-electron chi connectivity index (χ0n) is 15.9. The monoisotopic (exact) mass is 422 g/mol. The fraction of sp³-hybridized carbons (Fsp3) is 0.190. The van der Waals surface area contributed by atoms with Gasteiger partial charge in [0.15, 0.2) is 0 Å². The van der Waals surface area contributed by atoms with Crippen molar-refractivity contribution in [2.75, 3.05) is 23.8 Å². The van der Waals surface area contributed by atoms with Crippen LogP contribution in [0.1, 0.15) is 5.56 Å². The van der Waals surface area contributed by atoms with E-state index in [9.17, 15) is 0 Å². The Morgan fingerprint density at radius 2 is 1.90 bits per heavy atom. The molecule has 0 aliphatic carbocycles. The van der Waals surface area contributed by atoms with Gasteiger partial charge in [-0.2, -0.15) is 0 Å². The van der Waals surface area contributed by atoms with Crippen LogP contribution in [0.25, 0.3) is 11.0 Å². The van der Waals surface area contributed by atoms with Gasteiger partial charge in [0.05, 0.1) is 35.3 Å². The van der Waals surface area contributed by atoms with Gasteiger partial charge >= 0.3 is 0 Å². The first-order valence-corrected chi connectivity index (χ1v) is 9.91. The van der Waals surface area contributed by atoms with Crippen molar-refractivity contribution in [2.45, 2.75) is 12.6 Å².